The number of hydrogen-bond acceptors (Lipinski definition) is 6. The van der Waals surface area contributed by atoms with Crippen molar-refractivity contribution in [3.63, 3.8) is 0 Å². The number of carbonyl (C=O) groups excluding carboxylic acids is 3. The lowest BCUT2D eigenvalue weighted by Gasteiger charge is -2.29. The first-order chi connectivity index (χ1) is 18.7. The lowest BCUT2D eigenvalue weighted by Crippen LogP contribution is -2.39. The number of nitrogens with zero attached hydrogens (tertiary/aromatic N) is 2. The van der Waals surface area contributed by atoms with Crippen LogP contribution in [0.1, 0.15) is 37.5 Å². The summed E-state index contributed by atoms with van der Waals surface area (Å²) in [6.07, 6.45) is 0.300. The highest BCUT2D eigenvalue weighted by molar-refractivity contribution is 5.91. The van der Waals surface area contributed by atoms with E-state index in [-0.39, 0.29) is 30.9 Å². The predicted molar refractivity (Wildman–Crippen MR) is 150 cm³/mol. The van der Waals surface area contributed by atoms with Gasteiger partial charge in [0.1, 0.15) is 11.5 Å². The third kappa shape index (κ3) is 8.33. The molecule has 1 unspecified atom stereocenters. The van der Waals surface area contributed by atoms with Gasteiger partial charge in [0.25, 0.3) is 0 Å². The SMILES string of the molecule is CCOC(=O)Cc1cccc(Oc2ccc(N(C)C(C)=O)cc2CN(C(=O)OC)C(C)Cc2ccccc2)c1. The Morgan fingerprint density at radius 1 is 0.923 bits per heavy atom. The fraction of sp³-hybridized carbons (Fsp3) is 0.323. The number of benzene rings is 3. The maximum Gasteiger partial charge on any atom is 0.410 e. The maximum atomic E-state index is 12.9. The minimum Gasteiger partial charge on any atom is -0.466 e. The first-order valence-corrected chi connectivity index (χ1v) is 12.9. The van der Waals surface area contributed by atoms with E-state index in [1.54, 1.807) is 43.1 Å². The summed E-state index contributed by atoms with van der Waals surface area (Å²) in [5, 5.41) is 0. The molecule has 0 spiro atoms. The minimum absolute atomic E-state index is 0.122. The summed E-state index contributed by atoms with van der Waals surface area (Å²) in [6, 6.07) is 22.4. The second-order valence-electron chi connectivity index (χ2n) is 9.24. The summed E-state index contributed by atoms with van der Waals surface area (Å²) in [7, 11) is 3.05. The monoisotopic (exact) mass is 532 g/mol. The molecule has 3 aromatic rings. The topological polar surface area (TPSA) is 85.4 Å². The maximum absolute atomic E-state index is 12.9. The molecule has 0 aliphatic rings. The van der Waals surface area contributed by atoms with Crippen LogP contribution in [-0.4, -0.2) is 49.7 Å². The van der Waals surface area contributed by atoms with Crippen molar-refractivity contribution in [2.24, 2.45) is 0 Å². The molecule has 2 amide bonds. The molecule has 3 aromatic carbocycles. The van der Waals surface area contributed by atoms with Gasteiger partial charge in [-0.05, 0) is 61.7 Å². The van der Waals surface area contributed by atoms with Crippen molar-refractivity contribution in [1.29, 1.82) is 0 Å². The van der Waals surface area contributed by atoms with Crippen molar-refractivity contribution >= 4 is 23.7 Å². The first kappa shape index (κ1) is 29.2. The fourth-order valence-electron chi connectivity index (χ4n) is 4.17. The van der Waals surface area contributed by atoms with Gasteiger partial charge in [-0.3, -0.25) is 9.59 Å². The molecule has 0 saturated heterocycles. The van der Waals surface area contributed by atoms with Crippen LogP contribution in [0.25, 0.3) is 0 Å². The summed E-state index contributed by atoms with van der Waals surface area (Å²) in [5.74, 6) is 0.620. The number of hydrogen-bond donors (Lipinski definition) is 0. The Morgan fingerprint density at radius 2 is 1.64 bits per heavy atom. The minimum atomic E-state index is -0.467. The number of esters is 1. The Hall–Kier alpha value is -4.33. The summed E-state index contributed by atoms with van der Waals surface area (Å²) in [5.41, 5.74) is 3.22. The van der Waals surface area contributed by atoms with Crippen molar-refractivity contribution < 1.29 is 28.6 Å². The van der Waals surface area contributed by atoms with Gasteiger partial charge < -0.3 is 24.0 Å². The van der Waals surface area contributed by atoms with Crippen molar-refractivity contribution in [3.8, 4) is 11.5 Å². The molecule has 206 valence electrons. The molecule has 0 aliphatic heterocycles. The van der Waals surface area contributed by atoms with Crippen LogP contribution >= 0.6 is 0 Å². The summed E-state index contributed by atoms with van der Waals surface area (Å²) >= 11 is 0. The Labute approximate surface area is 230 Å². The Morgan fingerprint density at radius 3 is 2.31 bits per heavy atom. The molecule has 3 rings (SSSR count). The van der Waals surface area contributed by atoms with Crippen LogP contribution in [0.5, 0.6) is 11.5 Å². The van der Waals surface area contributed by atoms with Gasteiger partial charge in [0, 0.05) is 31.3 Å². The molecule has 8 heteroatoms. The zero-order chi connectivity index (χ0) is 28.4. The predicted octanol–water partition coefficient (Wildman–Crippen LogP) is 5.77. The van der Waals surface area contributed by atoms with Crippen molar-refractivity contribution in [2.45, 2.75) is 46.2 Å². The van der Waals surface area contributed by atoms with Crippen LogP contribution < -0.4 is 9.64 Å². The standard InChI is InChI=1S/C31H36N2O6/c1-6-38-30(35)19-25-13-10-14-28(18-25)39-29-16-15-27(32(4)23(3)34)20-26(29)21-33(31(36)37-5)22(2)17-24-11-8-7-9-12-24/h7-16,18,20,22H,6,17,19,21H2,1-5H3. The molecular formula is C31H36N2O6. The molecule has 0 N–H and O–H groups in total. The number of rotatable bonds is 11. The average Bonchev–Trinajstić information content (AvgIpc) is 2.92. The molecule has 1 atom stereocenters. The zero-order valence-electron chi connectivity index (χ0n) is 23.2. The Balaban J connectivity index is 1.94. The van der Waals surface area contributed by atoms with Gasteiger partial charge in [-0.2, -0.15) is 0 Å². The van der Waals surface area contributed by atoms with Gasteiger partial charge in [-0.1, -0.05) is 42.5 Å². The highest BCUT2D eigenvalue weighted by Gasteiger charge is 2.24. The van der Waals surface area contributed by atoms with E-state index in [2.05, 4.69) is 0 Å². The van der Waals surface area contributed by atoms with Gasteiger partial charge in [0.05, 0.1) is 26.7 Å². The number of anilines is 1. The smallest absolute Gasteiger partial charge is 0.410 e. The van der Waals surface area contributed by atoms with Crippen LogP contribution in [-0.2, 0) is 38.4 Å². The molecule has 8 nitrogen and oxygen atoms in total. The molecule has 0 saturated carbocycles. The van der Waals surface area contributed by atoms with Gasteiger partial charge in [-0.25, -0.2) is 4.79 Å². The lowest BCUT2D eigenvalue weighted by molar-refractivity contribution is -0.142. The number of methoxy groups -OCH3 is 1. The van der Waals surface area contributed by atoms with Gasteiger partial charge in [-0.15, -0.1) is 0 Å². The third-order valence-electron chi connectivity index (χ3n) is 6.34. The summed E-state index contributed by atoms with van der Waals surface area (Å²) in [4.78, 5) is 40.1. The van der Waals surface area contributed by atoms with E-state index in [9.17, 15) is 14.4 Å². The third-order valence-corrected chi connectivity index (χ3v) is 6.34. The number of amides is 2. The highest BCUT2D eigenvalue weighted by atomic mass is 16.5. The highest BCUT2D eigenvalue weighted by Crippen LogP contribution is 2.31. The molecule has 0 radical (unpaired) electrons. The van der Waals surface area contributed by atoms with Gasteiger partial charge >= 0.3 is 12.1 Å². The van der Waals surface area contributed by atoms with Crippen LogP contribution in [0.15, 0.2) is 72.8 Å². The molecule has 0 bridgehead atoms. The van der Waals surface area contributed by atoms with Crippen molar-refractivity contribution in [2.75, 3.05) is 25.7 Å². The van der Waals surface area contributed by atoms with E-state index >= 15 is 0 Å². The Kier molecular flexibility index (Phi) is 10.5. The largest absolute Gasteiger partial charge is 0.466 e. The molecule has 0 fully saturated rings. The van der Waals surface area contributed by atoms with Crippen LogP contribution in [0, 0.1) is 0 Å². The van der Waals surface area contributed by atoms with Gasteiger partial charge in [0.2, 0.25) is 5.91 Å². The Bertz CT molecular complexity index is 1280. The van der Waals surface area contributed by atoms with Crippen LogP contribution in [0.3, 0.4) is 0 Å². The van der Waals surface area contributed by atoms with Gasteiger partial charge in [0.15, 0.2) is 0 Å². The van der Waals surface area contributed by atoms with E-state index in [0.717, 1.165) is 11.1 Å². The molecule has 39 heavy (non-hydrogen) atoms. The van der Waals surface area contributed by atoms with E-state index < -0.39 is 6.09 Å². The number of carbonyl (C=O) groups is 3. The quantitative estimate of drug-likeness (QED) is 0.292. The van der Waals surface area contributed by atoms with E-state index in [1.807, 2.05) is 55.5 Å². The molecule has 0 aliphatic carbocycles. The van der Waals surface area contributed by atoms with Crippen molar-refractivity contribution in [1.82, 2.24) is 4.90 Å². The van der Waals surface area contributed by atoms with E-state index in [4.69, 9.17) is 14.2 Å². The zero-order valence-corrected chi connectivity index (χ0v) is 23.2. The molecule has 0 heterocycles. The number of ether oxygens (including phenoxy) is 3. The fourth-order valence-corrected chi connectivity index (χ4v) is 4.17. The van der Waals surface area contributed by atoms with Crippen molar-refractivity contribution in [3.05, 3.63) is 89.5 Å². The van der Waals surface area contributed by atoms with E-state index in [0.29, 0.717) is 35.8 Å². The van der Waals surface area contributed by atoms with Crippen LogP contribution in [0.2, 0.25) is 0 Å². The molecule has 0 aromatic heterocycles. The summed E-state index contributed by atoms with van der Waals surface area (Å²) < 4.78 is 16.5. The summed E-state index contributed by atoms with van der Waals surface area (Å²) in [6.45, 7) is 5.73. The normalized spacial score (nSPS) is 11.3. The lowest BCUT2D eigenvalue weighted by atomic mass is 10.0. The average molecular weight is 533 g/mol. The molecular weight excluding hydrogens is 496 g/mol. The first-order valence-electron chi connectivity index (χ1n) is 12.9. The van der Waals surface area contributed by atoms with Crippen LogP contribution in [0.4, 0.5) is 10.5 Å². The van der Waals surface area contributed by atoms with E-state index in [1.165, 1.54) is 18.9 Å². The second kappa shape index (κ2) is 14.0. The second-order valence-corrected chi connectivity index (χ2v) is 9.24.